The van der Waals surface area contributed by atoms with Gasteiger partial charge < -0.3 is 15.5 Å². The van der Waals surface area contributed by atoms with Crippen molar-refractivity contribution in [3.05, 3.63) is 59.9 Å². The molecule has 0 aliphatic carbocycles. The number of nitrogens with one attached hydrogen (secondary N) is 1. The second-order valence-corrected chi connectivity index (χ2v) is 4.34. The summed E-state index contributed by atoms with van der Waals surface area (Å²) in [5.74, 6) is -1.31. The van der Waals surface area contributed by atoms with E-state index in [0.717, 1.165) is 18.2 Å². The first kappa shape index (κ1) is 14.0. The smallest absolute Gasteiger partial charge is 0.227 e. The highest BCUT2D eigenvalue weighted by atomic mass is 19.1. The zero-order valence-electron chi connectivity index (χ0n) is 10.6. The quantitative estimate of drug-likeness (QED) is 0.751. The maximum Gasteiger partial charge on any atom is 0.227 e. The molecule has 0 spiro atoms. The molecule has 1 atom stereocenters. The molecule has 20 heavy (non-hydrogen) atoms. The number of benzene rings is 2. The first-order valence-electron chi connectivity index (χ1n) is 6.07. The number of aliphatic hydroxyl groups excluding tert-OH is 1. The van der Waals surface area contributed by atoms with Crippen molar-refractivity contribution in [1.82, 2.24) is 0 Å². The molecule has 2 aromatic rings. The number of carbonyl (C=O) groups is 1. The summed E-state index contributed by atoms with van der Waals surface area (Å²) < 4.78 is 13.0. The molecule has 5 heteroatoms. The fraction of sp³-hybridized carbons (Fsp3) is 0.133. The van der Waals surface area contributed by atoms with Gasteiger partial charge in [0, 0.05) is 6.07 Å². The van der Waals surface area contributed by atoms with Crippen molar-refractivity contribution in [2.24, 2.45) is 0 Å². The minimum atomic E-state index is -0.952. The number of aromatic hydroxyl groups is 1. The number of aliphatic hydroxyl groups is 1. The molecule has 0 radical (unpaired) electrons. The molecule has 2 rings (SSSR count). The third-order valence-corrected chi connectivity index (χ3v) is 2.80. The first-order chi connectivity index (χ1) is 9.56. The van der Waals surface area contributed by atoms with Gasteiger partial charge in [0.2, 0.25) is 5.91 Å². The van der Waals surface area contributed by atoms with Gasteiger partial charge in [0.15, 0.2) is 0 Å². The minimum absolute atomic E-state index is 0.0183. The Kier molecular flexibility index (Phi) is 4.32. The van der Waals surface area contributed by atoms with E-state index in [2.05, 4.69) is 5.32 Å². The van der Waals surface area contributed by atoms with E-state index in [9.17, 15) is 19.4 Å². The minimum Gasteiger partial charge on any atom is -0.506 e. The lowest BCUT2D eigenvalue weighted by atomic mass is 10.1. The number of amides is 1. The van der Waals surface area contributed by atoms with Crippen LogP contribution < -0.4 is 5.32 Å². The van der Waals surface area contributed by atoms with Crippen LogP contribution in [-0.2, 0) is 4.79 Å². The third-order valence-electron chi connectivity index (χ3n) is 2.80. The molecule has 104 valence electrons. The fourth-order valence-electron chi connectivity index (χ4n) is 1.78. The second kappa shape index (κ2) is 6.16. The van der Waals surface area contributed by atoms with E-state index in [0.29, 0.717) is 5.56 Å². The molecular weight excluding hydrogens is 261 g/mol. The summed E-state index contributed by atoms with van der Waals surface area (Å²) >= 11 is 0. The molecule has 0 aromatic heterocycles. The number of anilines is 1. The average molecular weight is 275 g/mol. The van der Waals surface area contributed by atoms with Gasteiger partial charge in [-0.1, -0.05) is 30.3 Å². The Morgan fingerprint density at radius 3 is 2.60 bits per heavy atom. The van der Waals surface area contributed by atoms with Gasteiger partial charge in [0.25, 0.3) is 0 Å². The summed E-state index contributed by atoms with van der Waals surface area (Å²) in [7, 11) is 0. The van der Waals surface area contributed by atoms with Gasteiger partial charge in [-0.05, 0) is 17.7 Å². The van der Waals surface area contributed by atoms with E-state index in [1.807, 2.05) is 0 Å². The van der Waals surface area contributed by atoms with Gasteiger partial charge in [-0.2, -0.15) is 0 Å². The number of phenols is 1. The maximum absolute atomic E-state index is 13.0. The number of hydrogen-bond donors (Lipinski definition) is 3. The van der Waals surface area contributed by atoms with Crippen LogP contribution in [0.25, 0.3) is 0 Å². The van der Waals surface area contributed by atoms with Crippen molar-refractivity contribution in [1.29, 1.82) is 0 Å². The fourth-order valence-corrected chi connectivity index (χ4v) is 1.78. The lowest BCUT2D eigenvalue weighted by Crippen LogP contribution is -2.15. The van der Waals surface area contributed by atoms with Crippen molar-refractivity contribution in [3.63, 3.8) is 0 Å². The predicted molar refractivity (Wildman–Crippen MR) is 72.7 cm³/mol. The van der Waals surface area contributed by atoms with Gasteiger partial charge in [0.05, 0.1) is 18.2 Å². The molecule has 0 saturated carbocycles. The SMILES string of the molecule is O=C(CC(O)c1ccccc1)Nc1cc(F)ccc1O. The molecule has 3 N–H and O–H groups in total. The summed E-state index contributed by atoms with van der Waals surface area (Å²) in [6, 6.07) is 12.0. The highest BCUT2D eigenvalue weighted by Gasteiger charge is 2.14. The monoisotopic (exact) mass is 275 g/mol. The van der Waals surface area contributed by atoms with E-state index < -0.39 is 17.8 Å². The summed E-state index contributed by atoms with van der Waals surface area (Å²) in [4.78, 5) is 11.8. The van der Waals surface area contributed by atoms with E-state index in [1.54, 1.807) is 30.3 Å². The summed E-state index contributed by atoms with van der Waals surface area (Å²) in [6.45, 7) is 0. The van der Waals surface area contributed by atoms with Crippen LogP contribution in [0, 0.1) is 5.82 Å². The molecule has 1 amide bonds. The first-order valence-corrected chi connectivity index (χ1v) is 6.07. The van der Waals surface area contributed by atoms with Crippen molar-refractivity contribution in [2.75, 3.05) is 5.32 Å². The van der Waals surface area contributed by atoms with E-state index in [1.165, 1.54) is 0 Å². The molecular formula is C15H14FNO3. The molecule has 0 heterocycles. The average Bonchev–Trinajstić information content (AvgIpc) is 2.43. The molecule has 0 aliphatic heterocycles. The van der Waals surface area contributed by atoms with E-state index >= 15 is 0 Å². The summed E-state index contributed by atoms with van der Waals surface area (Å²) in [6.07, 6.45) is -1.13. The van der Waals surface area contributed by atoms with Crippen LogP contribution in [0.15, 0.2) is 48.5 Å². The largest absolute Gasteiger partial charge is 0.506 e. The van der Waals surface area contributed by atoms with Gasteiger partial charge in [-0.25, -0.2) is 4.39 Å². The summed E-state index contributed by atoms with van der Waals surface area (Å²) in [5.41, 5.74) is 0.598. The Hall–Kier alpha value is -2.40. The van der Waals surface area contributed by atoms with Crippen LogP contribution in [0.4, 0.5) is 10.1 Å². The standard InChI is InChI=1S/C15H14FNO3/c16-11-6-7-13(18)12(8-11)17-15(20)9-14(19)10-4-2-1-3-5-10/h1-8,14,18-19H,9H2,(H,17,20). The lowest BCUT2D eigenvalue weighted by molar-refractivity contribution is -0.118. The lowest BCUT2D eigenvalue weighted by Gasteiger charge is -2.12. The number of carbonyl (C=O) groups excluding carboxylic acids is 1. The van der Waals surface area contributed by atoms with Crippen molar-refractivity contribution in [3.8, 4) is 5.75 Å². The van der Waals surface area contributed by atoms with Crippen LogP contribution in [0.2, 0.25) is 0 Å². The highest BCUT2D eigenvalue weighted by molar-refractivity contribution is 5.92. The second-order valence-electron chi connectivity index (χ2n) is 4.34. The highest BCUT2D eigenvalue weighted by Crippen LogP contribution is 2.24. The Balaban J connectivity index is 2.01. The van der Waals surface area contributed by atoms with Gasteiger partial charge in [0.1, 0.15) is 11.6 Å². The normalized spacial score (nSPS) is 11.9. The molecule has 4 nitrogen and oxygen atoms in total. The molecule has 0 saturated heterocycles. The number of phenolic OH excluding ortho intramolecular Hbond substituents is 1. The van der Waals surface area contributed by atoms with Crippen molar-refractivity contribution >= 4 is 11.6 Å². The van der Waals surface area contributed by atoms with Crippen LogP contribution in [0.1, 0.15) is 18.1 Å². The van der Waals surface area contributed by atoms with Crippen LogP contribution in [0.3, 0.4) is 0 Å². The van der Waals surface area contributed by atoms with Gasteiger partial charge in [-0.3, -0.25) is 4.79 Å². The van der Waals surface area contributed by atoms with E-state index in [4.69, 9.17) is 0 Å². The third kappa shape index (κ3) is 3.55. The molecule has 1 unspecified atom stereocenters. The molecule has 0 bridgehead atoms. The van der Waals surface area contributed by atoms with Gasteiger partial charge >= 0.3 is 0 Å². The van der Waals surface area contributed by atoms with Gasteiger partial charge in [-0.15, -0.1) is 0 Å². The Morgan fingerprint density at radius 2 is 1.90 bits per heavy atom. The summed E-state index contributed by atoms with van der Waals surface area (Å²) in [5, 5.41) is 21.7. The Bertz CT molecular complexity index is 601. The van der Waals surface area contributed by atoms with E-state index in [-0.39, 0.29) is 17.9 Å². The zero-order valence-corrected chi connectivity index (χ0v) is 10.6. The van der Waals surface area contributed by atoms with Crippen LogP contribution in [0.5, 0.6) is 5.75 Å². The number of rotatable bonds is 4. The molecule has 0 fully saturated rings. The Labute approximate surface area is 115 Å². The topological polar surface area (TPSA) is 69.6 Å². The maximum atomic E-state index is 13.0. The number of halogens is 1. The predicted octanol–water partition coefficient (Wildman–Crippen LogP) is 2.59. The molecule has 2 aromatic carbocycles. The van der Waals surface area contributed by atoms with Crippen LogP contribution >= 0.6 is 0 Å². The Morgan fingerprint density at radius 1 is 1.20 bits per heavy atom. The number of hydrogen-bond acceptors (Lipinski definition) is 3. The van der Waals surface area contributed by atoms with Crippen molar-refractivity contribution in [2.45, 2.75) is 12.5 Å². The van der Waals surface area contributed by atoms with Crippen molar-refractivity contribution < 1.29 is 19.4 Å². The molecule has 0 aliphatic rings. The zero-order chi connectivity index (χ0) is 14.5. The van der Waals surface area contributed by atoms with Crippen LogP contribution in [-0.4, -0.2) is 16.1 Å².